The van der Waals surface area contributed by atoms with Crippen molar-refractivity contribution in [2.24, 2.45) is 0 Å². The van der Waals surface area contributed by atoms with Crippen molar-refractivity contribution in [1.82, 2.24) is 0 Å². The van der Waals surface area contributed by atoms with Crippen LogP contribution in [0.1, 0.15) is 9.75 Å². The van der Waals surface area contributed by atoms with E-state index >= 15 is 0 Å². The largest absolute Gasteiger partial charge is 0.160 e. The minimum atomic E-state index is 1.09. The molecule has 0 saturated carbocycles. The average molecular weight is 523 g/mol. The van der Waals surface area contributed by atoms with Crippen LogP contribution in [-0.4, -0.2) is 12.5 Å². The van der Waals surface area contributed by atoms with Gasteiger partial charge in [-0.2, -0.15) is 23.5 Å². The lowest BCUT2D eigenvalue weighted by Crippen LogP contribution is -1.73. The Morgan fingerprint density at radius 3 is 1.28 bits per heavy atom. The molecule has 6 heteroatoms. The second-order valence-corrected chi connectivity index (χ2v) is 14.2. The van der Waals surface area contributed by atoms with Crippen LogP contribution in [0.5, 0.6) is 0 Å². The van der Waals surface area contributed by atoms with Gasteiger partial charge in [0.1, 0.15) is 0 Å². The maximum absolute atomic E-state index is 2.45. The number of hydrogen-bond acceptors (Lipinski definition) is 6. The summed E-state index contributed by atoms with van der Waals surface area (Å²) in [6, 6.07) is 19.0. The fourth-order valence-corrected chi connectivity index (χ4v) is 10.8. The van der Waals surface area contributed by atoms with Gasteiger partial charge >= 0.3 is 0 Å². The second-order valence-electron chi connectivity index (χ2n) is 8.01. The summed E-state index contributed by atoms with van der Waals surface area (Å²) in [5.41, 5.74) is 0. The number of rotatable bonds is 4. The third-order valence-electron chi connectivity index (χ3n) is 6.07. The Balaban J connectivity index is 1.69. The van der Waals surface area contributed by atoms with Crippen molar-refractivity contribution in [3.05, 3.63) is 58.3 Å². The second kappa shape index (κ2) is 7.62. The number of fused-ring (bicyclic) bond motifs is 11. The molecule has 0 aliphatic rings. The number of benzene rings is 3. The van der Waals surface area contributed by atoms with Crippen molar-refractivity contribution in [2.75, 3.05) is 12.5 Å². The molecule has 0 aliphatic heterocycles. The van der Waals surface area contributed by atoms with Crippen LogP contribution in [-0.2, 0) is 11.5 Å². The molecule has 4 aromatic heterocycles. The lowest BCUT2D eigenvalue weighted by atomic mass is 10.0. The molecule has 158 valence electrons. The molecule has 0 amide bonds. The van der Waals surface area contributed by atoms with Gasteiger partial charge in [-0.1, -0.05) is 0 Å². The van der Waals surface area contributed by atoms with Gasteiger partial charge in [-0.25, -0.2) is 0 Å². The number of thiophene rings is 4. The number of hydrogen-bond donors (Lipinski definition) is 0. The van der Waals surface area contributed by atoms with Crippen LogP contribution < -0.4 is 0 Å². The zero-order chi connectivity index (χ0) is 21.4. The van der Waals surface area contributed by atoms with Gasteiger partial charge in [0.05, 0.1) is 0 Å². The number of thioether (sulfide) groups is 2. The Hall–Kier alpha value is -1.28. The molecule has 0 aliphatic carbocycles. The first-order valence-electron chi connectivity index (χ1n) is 10.4. The molecule has 0 fully saturated rings. The van der Waals surface area contributed by atoms with E-state index in [1.54, 1.807) is 0 Å². The lowest BCUT2D eigenvalue weighted by Gasteiger charge is -2.00. The third-order valence-corrected chi connectivity index (χ3v) is 12.1. The lowest BCUT2D eigenvalue weighted by molar-refractivity contribution is 1.57. The van der Waals surface area contributed by atoms with E-state index in [0.29, 0.717) is 0 Å². The van der Waals surface area contributed by atoms with Gasteiger partial charge in [-0.15, -0.1) is 45.3 Å². The van der Waals surface area contributed by atoms with Crippen LogP contribution in [0.15, 0.2) is 48.5 Å². The predicted molar refractivity (Wildman–Crippen MR) is 157 cm³/mol. The van der Waals surface area contributed by atoms with Crippen molar-refractivity contribution < 1.29 is 0 Å². The van der Waals surface area contributed by atoms with Crippen LogP contribution in [0.4, 0.5) is 0 Å². The van der Waals surface area contributed by atoms with E-state index in [4.69, 9.17) is 0 Å². The zero-order valence-electron chi connectivity index (χ0n) is 17.5. The topological polar surface area (TPSA) is 0 Å². The summed E-state index contributed by atoms with van der Waals surface area (Å²) < 4.78 is 8.48. The summed E-state index contributed by atoms with van der Waals surface area (Å²) in [5.74, 6) is 2.18. The third kappa shape index (κ3) is 2.87. The maximum atomic E-state index is 2.45. The highest BCUT2D eigenvalue weighted by Crippen LogP contribution is 2.49. The minimum Gasteiger partial charge on any atom is -0.160 e. The fourth-order valence-electron chi connectivity index (χ4n) is 4.87. The molecule has 0 bridgehead atoms. The van der Waals surface area contributed by atoms with Gasteiger partial charge in [0.15, 0.2) is 0 Å². The van der Waals surface area contributed by atoms with E-state index in [0.717, 1.165) is 11.5 Å². The average Bonchev–Trinajstić information content (AvgIpc) is 3.53. The molecular weight excluding hydrogens is 505 g/mol. The van der Waals surface area contributed by atoms with Crippen LogP contribution >= 0.6 is 68.9 Å². The first-order valence-corrected chi connectivity index (χ1v) is 16.4. The molecule has 7 rings (SSSR count). The van der Waals surface area contributed by atoms with E-state index in [9.17, 15) is 0 Å². The molecule has 0 unspecified atom stereocenters. The maximum Gasteiger partial charge on any atom is 0.0362 e. The Morgan fingerprint density at radius 2 is 0.875 bits per heavy atom. The summed E-state index contributed by atoms with van der Waals surface area (Å²) >= 11 is 11.6. The van der Waals surface area contributed by atoms with Crippen molar-refractivity contribution in [3.8, 4) is 0 Å². The Bertz CT molecular complexity index is 1670. The van der Waals surface area contributed by atoms with Crippen LogP contribution in [0.25, 0.3) is 60.5 Å². The summed E-state index contributed by atoms with van der Waals surface area (Å²) in [6.45, 7) is 0. The molecule has 0 radical (unpaired) electrons. The van der Waals surface area contributed by atoms with Crippen LogP contribution in [0.3, 0.4) is 0 Å². The fraction of sp³-hybridized carbons (Fsp3) is 0.154. The Morgan fingerprint density at radius 1 is 0.500 bits per heavy atom. The molecular formula is C26H18S6. The first kappa shape index (κ1) is 20.1. The van der Waals surface area contributed by atoms with Gasteiger partial charge in [0, 0.05) is 81.8 Å². The highest BCUT2D eigenvalue weighted by Gasteiger charge is 2.19. The summed E-state index contributed by atoms with van der Waals surface area (Å²) in [7, 11) is 0. The molecule has 0 nitrogen and oxygen atoms in total. The molecule has 4 heterocycles. The highest BCUT2D eigenvalue weighted by molar-refractivity contribution is 7.98. The Kier molecular flexibility index (Phi) is 4.79. The summed E-state index contributed by atoms with van der Waals surface area (Å²) in [6.07, 6.45) is 4.39. The molecule has 32 heavy (non-hydrogen) atoms. The van der Waals surface area contributed by atoms with Crippen molar-refractivity contribution in [3.63, 3.8) is 0 Å². The van der Waals surface area contributed by atoms with Crippen molar-refractivity contribution in [1.29, 1.82) is 0 Å². The standard InChI is InChI=1S/C26H18S6/c1-27-11-13-9-15-17(29-13)3-5-19-23(15)25-21(31-19)7-8-22-26(25)24-16-10-14(12-28-2)30-18(16)4-6-20(24)32-22/h3-10H,11-12H2,1-2H3. The SMILES string of the molecule is CSCc1cc2c(ccc3sc4ccc5sc6ccc7sc(CSC)cc7c6c5c4c32)s1. The van der Waals surface area contributed by atoms with Crippen LogP contribution in [0.2, 0.25) is 0 Å². The van der Waals surface area contributed by atoms with E-state index in [1.165, 1.54) is 70.3 Å². The smallest absolute Gasteiger partial charge is 0.0362 e. The van der Waals surface area contributed by atoms with Gasteiger partial charge in [0.25, 0.3) is 0 Å². The van der Waals surface area contributed by atoms with Gasteiger partial charge < -0.3 is 0 Å². The van der Waals surface area contributed by atoms with E-state index in [-0.39, 0.29) is 0 Å². The quantitative estimate of drug-likeness (QED) is 0.225. The van der Waals surface area contributed by atoms with Gasteiger partial charge in [0.2, 0.25) is 0 Å². The van der Waals surface area contributed by atoms with Crippen molar-refractivity contribution >= 4 is 129 Å². The molecule has 0 atom stereocenters. The van der Waals surface area contributed by atoms with Gasteiger partial charge in [-0.3, -0.25) is 0 Å². The van der Waals surface area contributed by atoms with Crippen molar-refractivity contribution in [2.45, 2.75) is 11.5 Å². The highest BCUT2D eigenvalue weighted by atomic mass is 32.2. The predicted octanol–water partition coefficient (Wildman–Crippen LogP) is 10.6. The summed E-state index contributed by atoms with van der Waals surface area (Å²) in [5, 5.41) is 8.75. The molecule has 7 aromatic rings. The van der Waals surface area contributed by atoms with Crippen LogP contribution in [0, 0.1) is 0 Å². The first-order chi connectivity index (χ1) is 15.7. The molecule has 0 spiro atoms. The van der Waals surface area contributed by atoms with E-state index < -0.39 is 0 Å². The van der Waals surface area contributed by atoms with E-state index in [2.05, 4.69) is 61.0 Å². The van der Waals surface area contributed by atoms with Gasteiger partial charge in [-0.05, 0) is 61.0 Å². The molecule has 0 saturated heterocycles. The normalized spacial score (nSPS) is 12.6. The summed E-state index contributed by atoms with van der Waals surface area (Å²) in [4.78, 5) is 2.95. The Labute approximate surface area is 210 Å². The minimum absolute atomic E-state index is 1.09. The monoisotopic (exact) mass is 522 g/mol. The zero-order valence-corrected chi connectivity index (χ0v) is 22.4. The molecule has 3 aromatic carbocycles. The molecule has 0 N–H and O–H groups in total. The van der Waals surface area contributed by atoms with E-state index in [1.807, 2.05) is 68.9 Å².